The van der Waals surface area contributed by atoms with E-state index in [9.17, 15) is 4.79 Å². The van der Waals surface area contributed by atoms with Crippen molar-refractivity contribution in [3.8, 4) is 11.8 Å². The van der Waals surface area contributed by atoms with Gasteiger partial charge in [-0.25, -0.2) is 4.98 Å². The lowest BCUT2D eigenvalue weighted by atomic mass is 9.86. The van der Waals surface area contributed by atoms with Gasteiger partial charge in [0, 0.05) is 19.3 Å². The van der Waals surface area contributed by atoms with Crippen LogP contribution in [0.3, 0.4) is 0 Å². The molecule has 146 valence electrons. The van der Waals surface area contributed by atoms with Crippen LogP contribution in [0.4, 0.5) is 0 Å². The number of fused-ring (bicyclic) bond motifs is 4. The summed E-state index contributed by atoms with van der Waals surface area (Å²) in [6.07, 6.45) is 8.18. The minimum atomic E-state index is -0.0627. The van der Waals surface area contributed by atoms with Gasteiger partial charge in [0.25, 0.3) is 5.91 Å². The van der Waals surface area contributed by atoms with Gasteiger partial charge in [0.15, 0.2) is 0 Å². The molecule has 6 heteroatoms. The molecule has 4 aliphatic heterocycles. The topological polar surface area (TPSA) is 48.5 Å². The van der Waals surface area contributed by atoms with Crippen LogP contribution in [0.1, 0.15) is 47.5 Å². The van der Waals surface area contributed by atoms with Crippen LogP contribution in [0.5, 0.6) is 0 Å². The Morgan fingerprint density at radius 3 is 2.79 bits per heavy atom. The number of rotatable bonds is 3. The maximum Gasteiger partial charge on any atom is 0.271 e. The van der Waals surface area contributed by atoms with E-state index in [1.165, 1.54) is 38.8 Å². The summed E-state index contributed by atoms with van der Waals surface area (Å²) in [5, 5.41) is 4.25. The number of nitrogens with one attached hydrogen (secondary N) is 1. The first-order valence-electron chi connectivity index (χ1n) is 10.4. The van der Waals surface area contributed by atoms with Crippen LogP contribution in [0, 0.1) is 17.8 Å². The van der Waals surface area contributed by atoms with Crippen LogP contribution < -0.4 is 5.32 Å². The van der Waals surface area contributed by atoms with Gasteiger partial charge in [-0.15, -0.1) is 11.3 Å². The van der Waals surface area contributed by atoms with Crippen molar-refractivity contribution in [2.45, 2.75) is 38.3 Å². The number of hydrogen-bond donors (Lipinski definition) is 1. The molecule has 0 radical (unpaired) electrons. The molecule has 1 atom stereocenters. The van der Waals surface area contributed by atoms with Crippen molar-refractivity contribution in [2.24, 2.45) is 5.92 Å². The average molecular weight is 395 g/mol. The molecular formula is C22H26N4OS. The van der Waals surface area contributed by atoms with E-state index in [0.29, 0.717) is 5.69 Å². The first-order valence-corrected chi connectivity index (χ1v) is 11.2. The minimum Gasteiger partial charge on any atom is -0.335 e. The molecule has 1 N–H and O–H groups in total. The monoisotopic (exact) mass is 394 g/mol. The van der Waals surface area contributed by atoms with Crippen molar-refractivity contribution in [1.82, 2.24) is 20.1 Å². The van der Waals surface area contributed by atoms with Gasteiger partial charge in [0.1, 0.15) is 5.69 Å². The smallest absolute Gasteiger partial charge is 0.271 e. The number of carbonyl (C=O) groups excluding carboxylic acids is 1. The molecule has 28 heavy (non-hydrogen) atoms. The Labute approximate surface area is 170 Å². The molecule has 0 aromatic carbocycles. The molecule has 5 nitrogen and oxygen atoms in total. The Kier molecular flexibility index (Phi) is 5.06. The molecule has 2 aromatic rings. The van der Waals surface area contributed by atoms with Crippen molar-refractivity contribution in [3.63, 3.8) is 0 Å². The molecule has 0 aliphatic carbocycles. The van der Waals surface area contributed by atoms with Crippen LogP contribution in [0.2, 0.25) is 0 Å². The largest absolute Gasteiger partial charge is 0.335 e. The normalized spacial score (nSPS) is 26.9. The van der Waals surface area contributed by atoms with E-state index in [2.05, 4.69) is 38.0 Å². The Balaban J connectivity index is 1.26. The van der Waals surface area contributed by atoms with Crippen molar-refractivity contribution < 1.29 is 4.79 Å². The Morgan fingerprint density at radius 2 is 2.04 bits per heavy atom. The SMILES string of the molecule is O=C(NC1CC2CCN1CC2)c1cc2cc(C#CCN3CCCC3)sc2cn1. The summed E-state index contributed by atoms with van der Waals surface area (Å²) in [6, 6.07) is 3.99. The highest BCUT2D eigenvalue weighted by Gasteiger charge is 2.34. The van der Waals surface area contributed by atoms with E-state index >= 15 is 0 Å². The molecule has 2 bridgehead atoms. The van der Waals surface area contributed by atoms with Crippen molar-refractivity contribution in [1.29, 1.82) is 0 Å². The first kappa shape index (κ1) is 18.1. The number of nitrogens with zero attached hydrogens (tertiary/aromatic N) is 3. The number of amides is 1. The summed E-state index contributed by atoms with van der Waals surface area (Å²) >= 11 is 1.65. The third-order valence-electron chi connectivity index (χ3n) is 6.29. The molecule has 2 aromatic heterocycles. The van der Waals surface area contributed by atoms with Crippen LogP contribution >= 0.6 is 11.3 Å². The van der Waals surface area contributed by atoms with Gasteiger partial charge in [-0.3, -0.25) is 14.6 Å². The molecule has 6 heterocycles. The number of piperidine rings is 3. The van der Waals surface area contributed by atoms with Crippen LogP contribution in [-0.2, 0) is 0 Å². The first-order chi connectivity index (χ1) is 13.7. The standard InChI is InChI=1S/C22H26N4OS/c27-22(24-21-12-16-5-10-26(21)11-6-16)19-14-17-13-18(28-20(17)15-23-19)4-3-9-25-7-1-2-8-25/h13-16,21H,1-2,5-12H2,(H,24,27). The fourth-order valence-electron chi connectivity index (χ4n) is 4.65. The van der Waals surface area contributed by atoms with Gasteiger partial charge in [-0.05, 0) is 68.6 Å². The molecule has 4 fully saturated rings. The summed E-state index contributed by atoms with van der Waals surface area (Å²) in [5.41, 5.74) is 0.504. The number of likely N-dealkylation sites (tertiary alicyclic amines) is 1. The van der Waals surface area contributed by atoms with Crippen molar-refractivity contribution in [3.05, 3.63) is 28.9 Å². The maximum atomic E-state index is 12.7. The van der Waals surface area contributed by atoms with Gasteiger partial charge in [0.05, 0.1) is 22.3 Å². The summed E-state index contributed by atoms with van der Waals surface area (Å²) in [6.45, 7) is 5.39. The molecular weight excluding hydrogens is 368 g/mol. The average Bonchev–Trinajstić information content (AvgIpc) is 3.37. The number of pyridine rings is 1. The summed E-state index contributed by atoms with van der Waals surface area (Å²) in [5.74, 6) is 7.28. The van der Waals surface area contributed by atoms with Crippen molar-refractivity contribution in [2.75, 3.05) is 32.7 Å². The molecule has 4 aliphatic rings. The molecule has 0 spiro atoms. The molecule has 4 saturated heterocycles. The summed E-state index contributed by atoms with van der Waals surface area (Å²) in [4.78, 5) is 23.0. The van der Waals surface area contributed by atoms with Gasteiger partial charge < -0.3 is 5.32 Å². The second-order valence-corrected chi connectivity index (χ2v) is 9.29. The van der Waals surface area contributed by atoms with E-state index < -0.39 is 0 Å². The van der Waals surface area contributed by atoms with E-state index in [-0.39, 0.29) is 12.1 Å². The fourth-order valence-corrected chi connectivity index (χ4v) is 5.54. The lowest BCUT2D eigenvalue weighted by Gasteiger charge is -2.45. The third kappa shape index (κ3) is 3.80. The lowest BCUT2D eigenvalue weighted by Crippen LogP contribution is -2.56. The summed E-state index contributed by atoms with van der Waals surface area (Å²) in [7, 11) is 0. The lowest BCUT2D eigenvalue weighted by molar-refractivity contribution is 0.0293. The number of aromatic nitrogens is 1. The number of hydrogen-bond acceptors (Lipinski definition) is 5. The zero-order chi connectivity index (χ0) is 18.9. The molecule has 1 unspecified atom stereocenters. The Bertz CT molecular complexity index is 929. The third-order valence-corrected chi connectivity index (χ3v) is 7.29. The van der Waals surface area contributed by atoms with E-state index in [1.54, 1.807) is 11.3 Å². The van der Waals surface area contributed by atoms with Crippen molar-refractivity contribution >= 4 is 27.3 Å². The quantitative estimate of drug-likeness (QED) is 0.814. The predicted molar refractivity (Wildman–Crippen MR) is 112 cm³/mol. The second-order valence-electron chi connectivity index (χ2n) is 8.21. The zero-order valence-electron chi connectivity index (χ0n) is 16.1. The Morgan fingerprint density at radius 1 is 1.21 bits per heavy atom. The van der Waals surface area contributed by atoms with E-state index in [0.717, 1.165) is 46.9 Å². The predicted octanol–water partition coefficient (Wildman–Crippen LogP) is 2.92. The Hall–Kier alpha value is -1.94. The number of thiophene rings is 1. The highest BCUT2D eigenvalue weighted by Crippen LogP contribution is 2.31. The van der Waals surface area contributed by atoms with Crippen LogP contribution in [0.25, 0.3) is 10.1 Å². The maximum absolute atomic E-state index is 12.7. The highest BCUT2D eigenvalue weighted by atomic mass is 32.1. The molecule has 6 rings (SSSR count). The number of carbonyl (C=O) groups is 1. The van der Waals surface area contributed by atoms with Gasteiger partial charge in [0.2, 0.25) is 0 Å². The molecule has 1 amide bonds. The summed E-state index contributed by atoms with van der Waals surface area (Å²) < 4.78 is 1.09. The molecule has 0 saturated carbocycles. The second kappa shape index (κ2) is 7.82. The van der Waals surface area contributed by atoms with Gasteiger partial charge in [-0.1, -0.05) is 11.8 Å². The van der Waals surface area contributed by atoms with Crippen LogP contribution in [-0.4, -0.2) is 59.6 Å². The van der Waals surface area contributed by atoms with E-state index in [1.807, 2.05) is 12.3 Å². The van der Waals surface area contributed by atoms with Gasteiger partial charge in [-0.2, -0.15) is 0 Å². The fraction of sp³-hybridized carbons (Fsp3) is 0.545. The minimum absolute atomic E-state index is 0.0627. The van der Waals surface area contributed by atoms with Crippen LogP contribution in [0.15, 0.2) is 18.3 Å². The van der Waals surface area contributed by atoms with Gasteiger partial charge >= 0.3 is 0 Å². The highest BCUT2D eigenvalue weighted by molar-refractivity contribution is 7.19. The van der Waals surface area contributed by atoms with E-state index in [4.69, 9.17) is 0 Å². The zero-order valence-corrected chi connectivity index (χ0v) is 16.9.